The maximum atomic E-state index is 12.1. The Morgan fingerprint density at radius 3 is 2.25 bits per heavy atom. The molecule has 1 rings (SSSR count). The van der Waals surface area contributed by atoms with E-state index in [-0.39, 0.29) is 5.03 Å². The Hall–Kier alpha value is -1.15. The van der Waals surface area contributed by atoms with E-state index in [9.17, 15) is 21.6 Å². The summed E-state index contributed by atoms with van der Waals surface area (Å²) in [4.78, 5) is 3.34. The predicted octanol–water partition coefficient (Wildman–Crippen LogP) is 1.08. The van der Waals surface area contributed by atoms with E-state index in [0.717, 1.165) is 18.4 Å². The normalized spacial score (nSPS) is 14.8. The summed E-state index contributed by atoms with van der Waals surface area (Å²) in [6.07, 6.45) is -5.88. The topological polar surface area (TPSA) is 67.3 Å². The van der Waals surface area contributed by atoms with E-state index in [1.807, 2.05) is 0 Å². The van der Waals surface area contributed by atoms with Crippen LogP contribution in [0, 0.1) is 0 Å². The number of pyridine rings is 1. The summed E-state index contributed by atoms with van der Waals surface area (Å²) in [6.45, 7) is 0. The second-order valence-corrected chi connectivity index (χ2v) is 5.11. The van der Waals surface area contributed by atoms with Crippen molar-refractivity contribution in [2.75, 3.05) is 6.26 Å². The van der Waals surface area contributed by atoms with Crippen molar-refractivity contribution in [2.24, 2.45) is 0 Å². The molecule has 0 fully saturated rings. The minimum Gasteiger partial charge on any atom is -0.379 e. The molecule has 16 heavy (non-hydrogen) atoms. The number of sulfone groups is 1. The van der Waals surface area contributed by atoms with Crippen LogP contribution in [-0.2, 0) is 9.84 Å². The molecule has 0 amide bonds. The van der Waals surface area contributed by atoms with Crippen molar-refractivity contribution in [1.29, 1.82) is 0 Å². The van der Waals surface area contributed by atoms with Gasteiger partial charge in [0.1, 0.15) is 0 Å². The van der Waals surface area contributed by atoms with Crippen LogP contribution in [0.15, 0.2) is 23.4 Å². The van der Waals surface area contributed by atoms with Crippen molar-refractivity contribution >= 4 is 9.84 Å². The van der Waals surface area contributed by atoms with Gasteiger partial charge >= 0.3 is 6.18 Å². The molecule has 0 aromatic carbocycles. The average molecular weight is 255 g/mol. The van der Waals surface area contributed by atoms with Crippen LogP contribution in [-0.4, -0.2) is 30.9 Å². The van der Waals surface area contributed by atoms with Gasteiger partial charge < -0.3 is 5.11 Å². The number of alkyl halides is 3. The zero-order valence-electron chi connectivity index (χ0n) is 8.06. The van der Waals surface area contributed by atoms with Crippen LogP contribution < -0.4 is 0 Å². The molecule has 90 valence electrons. The largest absolute Gasteiger partial charge is 0.418 e. The molecule has 0 spiro atoms. The Labute approximate surface area is 89.7 Å². The summed E-state index contributed by atoms with van der Waals surface area (Å²) >= 11 is 0. The van der Waals surface area contributed by atoms with Crippen molar-refractivity contribution in [3.63, 3.8) is 0 Å². The summed E-state index contributed by atoms with van der Waals surface area (Å²) in [6, 6.07) is 1.79. The number of nitrogens with zero attached hydrogens (tertiary/aromatic N) is 1. The van der Waals surface area contributed by atoms with E-state index in [4.69, 9.17) is 5.11 Å². The lowest BCUT2D eigenvalue weighted by atomic mass is 10.1. The third kappa shape index (κ3) is 2.92. The molecular formula is C8H8F3NO3S. The summed E-state index contributed by atoms with van der Waals surface area (Å²) in [5.41, 5.74) is -0.500. The number of rotatable bonds is 2. The Kier molecular flexibility index (Phi) is 3.25. The van der Waals surface area contributed by atoms with Crippen LogP contribution in [0.1, 0.15) is 11.7 Å². The number of aromatic nitrogens is 1. The second-order valence-electron chi connectivity index (χ2n) is 3.15. The monoisotopic (exact) mass is 255 g/mol. The van der Waals surface area contributed by atoms with E-state index in [1.165, 1.54) is 0 Å². The fraction of sp³-hybridized carbons (Fsp3) is 0.375. The minimum absolute atomic E-state index is 0.342. The Morgan fingerprint density at radius 2 is 1.94 bits per heavy atom. The number of halogens is 3. The van der Waals surface area contributed by atoms with Gasteiger partial charge in [0.2, 0.25) is 0 Å². The van der Waals surface area contributed by atoms with Crippen LogP contribution >= 0.6 is 0 Å². The molecule has 0 aliphatic carbocycles. The Balaban J connectivity index is 3.05. The maximum Gasteiger partial charge on any atom is 0.418 e. The first-order valence-electron chi connectivity index (χ1n) is 4.03. The molecule has 4 nitrogen and oxygen atoms in total. The first kappa shape index (κ1) is 12.9. The van der Waals surface area contributed by atoms with Gasteiger partial charge in [-0.25, -0.2) is 13.4 Å². The van der Waals surface area contributed by atoms with Crippen molar-refractivity contribution in [2.45, 2.75) is 17.3 Å². The van der Waals surface area contributed by atoms with Crippen LogP contribution in [0.25, 0.3) is 0 Å². The zero-order valence-corrected chi connectivity index (χ0v) is 8.88. The van der Waals surface area contributed by atoms with Gasteiger partial charge in [-0.15, -0.1) is 0 Å². The van der Waals surface area contributed by atoms with Gasteiger partial charge in [0.05, 0.1) is 0 Å². The molecule has 1 N–H and O–H groups in total. The van der Waals surface area contributed by atoms with Crippen LogP contribution in [0.3, 0.4) is 0 Å². The van der Waals surface area contributed by atoms with Crippen LogP contribution in [0.4, 0.5) is 13.2 Å². The fourth-order valence-corrected chi connectivity index (χ4v) is 1.52. The van der Waals surface area contributed by atoms with Gasteiger partial charge in [-0.1, -0.05) is 6.07 Å². The van der Waals surface area contributed by atoms with E-state index in [2.05, 4.69) is 4.98 Å². The van der Waals surface area contributed by atoms with Crippen molar-refractivity contribution < 1.29 is 26.7 Å². The fourth-order valence-electron chi connectivity index (χ4n) is 0.962. The molecule has 1 aromatic heterocycles. The molecule has 0 bridgehead atoms. The quantitative estimate of drug-likeness (QED) is 0.858. The summed E-state index contributed by atoms with van der Waals surface area (Å²) in [5.74, 6) is 0. The summed E-state index contributed by atoms with van der Waals surface area (Å²) in [5, 5.41) is 8.49. The molecule has 1 unspecified atom stereocenters. The molecule has 1 aromatic rings. The standard InChI is InChI=1S/C8H8F3NO3S/c1-16(14,15)6-3-2-5(4-12-6)7(13)8(9,10)11/h2-4,7,13H,1H3. The molecule has 1 atom stereocenters. The number of hydrogen-bond donors (Lipinski definition) is 1. The highest BCUT2D eigenvalue weighted by molar-refractivity contribution is 7.90. The van der Waals surface area contributed by atoms with Gasteiger partial charge in [0.15, 0.2) is 21.0 Å². The molecular weight excluding hydrogens is 247 g/mol. The molecule has 1 heterocycles. The molecule has 0 radical (unpaired) electrons. The van der Waals surface area contributed by atoms with E-state index in [1.54, 1.807) is 0 Å². The van der Waals surface area contributed by atoms with E-state index < -0.39 is 27.7 Å². The first-order valence-corrected chi connectivity index (χ1v) is 5.92. The third-order valence-corrected chi connectivity index (χ3v) is 2.77. The number of hydrogen-bond acceptors (Lipinski definition) is 4. The predicted molar refractivity (Wildman–Crippen MR) is 48.4 cm³/mol. The average Bonchev–Trinajstić information content (AvgIpc) is 2.14. The highest BCUT2D eigenvalue weighted by Crippen LogP contribution is 2.32. The Morgan fingerprint density at radius 1 is 1.38 bits per heavy atom. The highest BCUT2D eigenvalue weighted by atomic mass is 32.2. The number of aliphatic hydroxyl groups excluding tert-OH is 1. The zero-order chi connectivity index (χ0) is 12.6. The van der Waals surface area contributed by atoms with Gasteiger partial charge in [-0.2, -0.15) is 13.2 Å². The SMILES string of the molecule is CS(=O)(=O)c1ccc(C(O)C(F)(F)F)cn1. The second kappa shape index (κ2) is 4.02. The van der Waals surface area contributed by atoms with Crippen molar-refractivity contribution in [3.8, 4) is 0 Å². The Bertz CT molecular complexity index is 466. The lowest BCUT2D eigenvalue weighted by molar-refractivity contribution is -0.206. The maximum absolute atomic E-state index is 12.1. The van der Waals surface area contributed by atoms with Crippen LogP contribution in [0.2, 0.25) is 0 Å². The molecule has 0 aliphatic rings. The smallest absolute Gasteiger partial charge is 0.379 e. The van der Waals surface area contributed by atoms with Crippen LogP contribution in [0.5, 0.6) is 0 Å². The minimum atomic E-state index is -4.80. The van der Waals surface area contributed by atoms with Crippen molar-refractivity contribution in [1.82, 2.24) is 4.98 Å². The van der Waals surface area contributed by atoms with Gasteiger partial charge in [0.25, 0.3) is 0 Å². The van der Waals surface area contributed by atoms with Crippen molar-refractivity contribution in [3.05, 3.63) is 23.9 Å². The molecule has 0 saturated heterocycles. The van der Waals surface area contributed by atoms with Gasteiger partial charge in [-0.3, -0.25) is 0 Å². The lowest BCUT2D eigenvalue weighted by Gasteiger charge is -2.14. The highest BCUT2D eigenvalue weighted by Gasteiger charge is 2.39. The summed E-state index contributed by atoms with van der Waals surface area (Å²) < 4.78 is 58.1. The number of aliphatic hydroxyl groups is 1. The molecule has 8 heteroatoms. The summed E-state index contributed by atoms with van der Waals surface area (Å²) in [7, 11) is -3.55. The van der Waals surface area contributed by atoms with E-state index in [0.29, 0.717) is 6.20 Å². The molecule has 0 saturated carbocycles. The molecule has 0 aliphatic heterocycles. The van der Waals surface area contributed by atoms with Gasteiger partial charge in [-0.05, 0) is 6.07 Å². The third-order valence-electron chi connectivity index (χ3n) is 1.76. The lowest BCUT2D eigenvalue weighted by Crippen LogP contribution is -2.20. The first-order chi connectivity index (χ1) is 7.12. The van der Waals surface area contributed by atoms with E-state index >= 15 is 0 Å². The van der Waals surface area contributed by atoms with Gasteiger partial charge in [0, 0.05) is 18.0 Å².